The standard InChI is InChI=1S/C19H26N2O4/c1-13-5-4-8-20(11-13)19(23)14-9-18(22)21(12-14)16-10-15(24-2)6-7-17(16)25-3/h6-7,10,13-14H,4-5,8-9,11-12H2,1-3H3/t13-,14-/m1/s1. The fourth-order valence-electron chi connectivity index (χ4n) is 3.76. The zero-order valence-corrected chi connectivity index (χ0v) is 15.2. The van der Waals surface area contributed by atoms with Crippen molar-refractivity contribution in [2.75, 3.05) is 38.8 Å². The van der Waals surface area contributed by atoms with Crippen LogP contribution in [0.5, 0.6) is 11.5 Å². The molecule has 2 heterocycles. The lowest BCUT2D eigenvalue weighted by Crippen LogP contribution is -2.43. The molecule has 0 unspecified atom stereocenters. The van der Waals surface area contributed by atoms with Gasteiger partial charge in [0.05, 0.1) is 25.8 Å². The number of nitrogens with zero attached hydrogens (tertiary/aromatic N) is 2. The second-order valence-electron chi connectivity index (χ2n) is 6.97. The lowest BCUT2D eigenvalue weighted by Gasteiger charge is -2.32. The van der Waals surface area contributed by atoms with Gasteiger partial charge in [0.2, 0.25) is 11.8 Å². The van der Waals surface area contributed by atoms with Crippen LogP contribution in [-0.4, -0.2) is 50.6 Å². The third-order valence-electron chi connectivity index (χ3n) is 5.12. The van der Waals surface area contributed by atoms with Crippen molar-refractivity contribution < 1.29 is 19.1 Å². The summed E-state index contributed by atoms with van der Waals surface area (Å²) in [6.07, 6.45) is 2.46. The highest BCUT2D eigenvalue weighted by molar-refractivity contribution is 6.01. The quantitative estimate of drug-likeness (QED) is 0.839. The molecule has 0 spiro atoms. The molecule has 1 aromatic carbocycles. The van der Waals surface area contributed by atoms with Gasteiger partial charge in [0.1, 0.15) is 11.5 Å². The van der Waals surface area contributed by atoms with E-state index in [0.29, 0.717) is 29.6 Å². The Kier molecular flexibility index (Phi) is 5.16. The Balaban J connectivity index is 1.77. The second-order valence-corrected chi connectivity index (χ2v) is 6.97. The van der Waals surface area contributed by atoms with Gasteiger partial charge >= 0.3 is 0 Å². The maximum atomic E-state index is 12.8. The average Bonchev–Trinajstić information content (AvgIpc) is 3.02. The van der Waals surface area contributed by atoms with Gasteiger partial charge in [0.15, 0.2) is 0 Å². The summed E-state index contributed by atoms with van der Waals surface area (Å²) >= 11 is 0. The minimum Gasteiger partial charge on any atom is -0.497 e. The first-order valence-electron chi connectivity index (χ1n) is 8.84. The summed E-state index contributed by atoms with van der Waals surface area (Å²) in [5, 5.41) is 0. The van der Waals surface area contributed by atoms with Gasteiger partial charge in [0, 0.05) is 32.1 Å². The molecule has 0 radical (unpaired) electrons. The molecule has 2 aliphatic heterocycles. The average molecular weight is 346 g/mol. The summed E-state index contributed by atoms with van der Waals surface area (Å²) in [6.45, 7) is 4.17. The van der Waals surface area contributed by atoms with Crippen LogP contribution in [0.15, 0.2) is 18.2 Å². The fourth-order valence-corrected chi connectivity index (χ4v) is 3.76. The fraction of sp³-hybridized carbons (Fsp3) is 0.579. The molecule has 2 aliphatic rings. The first-order chi connectivity index (χ1) is 12.0. The molecule has 0 bridgehead atoms. The van der Waals surface area contributed by atoms with Crippen LogP contribution in [0.2, 0.25) is 0 Å². The maximum absolute atomic E-state index is 12.8. The molecule has 1 aromatic rings. The zero-order chi connectivity index (χ0) is 18.0. The Labute approximate surface area is 148 Å². The van der Waals surface area contributed by atoms with Crippen LogP contribution < -0.4 is 14.4 Å². The van der Waals surface area contributed by atoms with E-state index in [4.69, 9.17) is 9.47 Å². The maximum Gasteiger partial charge on any atom is 0.228 e. The number of likely N-dealkylation sites (tertiary alicyclic amines) is 1. The highest BCUT2D eigenvalue weighted by atomic mass is 16.5. The Morgan fingerprint density at radius 3 is 2.68 bits per heavy atom. The predicted octanol–water partition coefficient (Wildman–Crippen LogP) is 2.32. The number of benzene rings is 1. The number of methoxy groups -OCH3 is 2. The van der Waals surface area contributed by atoms with Crippen LogP contribution in [0.25, 0.3) is 0 Å². The van der Waals surface area contributed by atoms with Crippen molar-refractivity contribution in [3.8, 4) is 11.5 Å². The number of ether oxygens (including phenoxy) is 2. The Bertz CT molecular complexity index is 661. The van der Waals surface area contributed by atoms with Crippen LogP contribution in [0, 0.1) is 11.8 Å². The van der Waals surface area contributed by atoms with Crippen LogP contribution in [0.4, 0.5) is 5.69 Å². The molecule has 6 nitrogen and oxygen atoms in total. The first kappa shape index (κ1) is 17.6. The van der Waals surface area contributed by atoms with Gasteiger partial charge in [-0.2, -0.15) is 0 Å². The van der Waals surface area contributed by atoms with Crippen molar-refractivity contribution in [1.29, 1.82) is 0 Å². The minimum atomic E-state index is -0.284. The summed E-state index contributed by atoms with van der Waals surface area (Å²) in [6, 6.07) is 5.36. The number of hydrogen-bond donors (Lipinski definition) is 0. The van der Waals surface area contributed by atoms with E-state index in [0.717, 1.165) is 19.5 Å². The van der Waals surface area contributed by atoms with Gasteiger partial charge in [-0.25, -0.2) is 0 Å². The van der Waals surface area contributed by atoms with Crippen molar-refractivity contribution in [3.63, 3.8) is 0 Å². The van der Waals surface area contributed by atoms with Crippen LogP contribution in [0.3, 0.4) is 0 Å². The van der Waals surface area contributed by atoms with Gasteiger partial charge in [-0.15, -0.1) is 0 Å². The molecule has 0 aromatic heterocycles. The number of rotatable bonds is 4. The molecule has 6 heteroatoms. The van der Waals surface area contributed by atoms with E-state index < -0.39 is 0 Å². The van der Waals surface area contributed by atoms with Gasteiger partial charge < -0.3 is 19.3 Å². The van der Waals surface area contributed by atoms with E-state index in [1.54, 1.807) is 37.3 Å². The lowest BCUT2D eigenvalue weighted by atomic mass is 9.98. The molecular weight excluding hydrogens is 320 g/mol. The number of piperidine rings is 1. The van der Waals surface area contributed by atoms with Gasteiger partial charge in [0.25, 0.3) is 0 Å². The van der Waals surface area contributed by atoms with Crippen molar-refractivity contribution in [1.82, 2.24) is 4.90 Å². The Hall–Kier alpha value is -2.24. The molecule has 25 heavy (non-hydrogen) atoms. The number of anilines is 1. The molecular formula is C19H26N2O4. The van der Waals surface area contributed by atoms with Gasteiger partial charge in [-0.3, -0.25) is 9.59 Å². The van der Waals surface area contributed by atoms with Gasteiger partial charge in [-0.05, 0) is 30.9 Å². The van der Waals surface area contributed by atoms with Gasteiger partial charge in [-0.1, -0.05) is 6.92 Å². The molecule has 0 aliphatic carbocycles. The molecule has 2 saturated heterocycles. The summed E-state index contributed by atoms with van der Waals surface area (Å²) in [5.41, 5.74) is 0.661. The number of carbonyl (C=O) groups is 2. The van der Waals surface area contributed by atoms with Crippen LogP contribution in [-0.2, 0) is 9.59 Å². The number of carbonyl (C=O) groups excluding carboxylic acids is 2. The third-order valence-corrected chi connectivity index (χ3v) is 5.12. The number of hydrogen-bond acceptors (Lipinski definition) is 4. The Morgan fingerprint density at radius 1 is 1.20 bits per heavy atom. The molecule has 136 valence electrons. The second kappa shape index (κ2) is 7.33. The summed E-state index contributed by atoms with van der Waals surface area (Å²) in [7, 11) is 3.16. The van der Waals surface area contributed by atoms with E-state index in [1.165, 1.54) is 6.42 Å². The normalized spacial score (nSPS) is 23.7. The predicted molar refractivity (Wildman–Crippen MR) is 95.0 cm³/mol. The smallest absolute Gasteiger partial charge is 0.228 e. The summed E-state index contributed by atoms with van der Waals surface area (Å²) in [4.78, 5) is 29.0. The molecule has 2 amide bonds. The number of amides is 2. The largest absolute Gasteiger partial charge is 0.497 e. The van der Waals surface area contributed by atoms with E-state index in [9.17, 15) is 9.59 Å². The SMILES string of the molecule is COc1ccc(OC)c(N2C[C@H](C(=O)N3CCC[C@@H](C)C3)CC2=O)c1. The van der Waals surface area contributed by atoms with Crippen molar-refractivity contribution in [3.05, 3.63) is 18.2 Å². The molecule has 2 fully saturated rings. The molecule has 0 saturated carbocycles. The summed E-state index contributed by atoms with van der Waals surface area (Å²) < 4.78 is 10.6. The Morgan fingerprint density at radius 2 is 2.00 bits per heavy atom. The van der Waals surface area contributed by atoms with Crippen molar-refractivity contribution in [2.45, 2.75) is 26.2 Å². The summed E-state index contributed by atoms with van der Waals surface area (Å²) in [5.74, 6) is 1.56. The van der Waals surface area contributed by atoms with Crippen LogP contribution in [0.1, 0.15) is 26.2 Å². The zero-order valence-electron chi connectivity index (χ0n) is 15.2. The molecule has 3 rings (SSSR count). The van der Waals surface area contributed by atoms with E-state index >= 15 is 0 Å². The van der Waals surface area contributed by atoms with Crippen molar-refractivity contribution in [2.24, 2.45) is 11.8 Å². The molecule has 2 atom stereocenters. The minimum absolute atomic E-state index is 0.0463. The monoisotopic (exact) mass is 346 g/mol. The van der Waals surface area contributed by atoms with Crippen molar-refractivity contribution >= 4 is 17.5 Å². The molecule has 0 N–H and O–H groups in total. The topological polar surface area (TPSA) is 59.1 Å². The lowest BCUT2D eigenvalue weighted by molar-refractivity contribution is -0.137. The van der Waals surface area contributed by atoms with E-state index in [2.05, 4.69) is 6.92 Å². The third kappa shape index (κ3) is 3.57. The highest BCUT2D eigenvalue weighted by Gasteiger charge is 2.39. The van der Waals surface area contributed by atoms with Crippen LogP contribution >= 0.6 is 0 Å². The van der Waals surface area contributed by atoms with E-state index in [-0.39, 0.29) is 24.2 Å². The first-order valence-corrected chi connectivity index (χ1v) is 8.84. The highest BCUT2D eigenvalue weighted by Crippen LogP contribution is 2.36. The van der Waals surface area contributed by atoms with E-state index in [1.807, 2.05) is 4.90 Å².